The zero-order valence-electron chi connectivity index (χ0n) is 12.0. The summed E-state index contributed by atoms with van der Waals surface area (Å²) < 4.78 is 8.51. The van der Waals surface area contributed by atoms with Crippen molar-refractivity contribution in [2.24, 2.45) is 14.1 Å². The second-order valence-corrected chi connectivity index (χ2v) is 4.40. The van der Waals surface area contributed by atoms with Crippen LogP contribution in [0.25, 0.3) is 0 Å². The van der Waals surface area contributed by atoms with Crippen molar-refractivity contribution in [3.05, 3.63) is 35.4 Å². The Morgan fingerprint density at radius 2 is 2.10 bits per heavy atom. The van der Waals surface area contributed by atoms with Gasteiger partial charge in [-0.3, -0.25) is 9.36 Å². The zero-order valence-corrected chi connectivity index (χ0v) is 12.0. The van der Waals surface area contributed by atoms with Crippen LogP contribution in [0.3, 0.4) is 0 Å². The lowest BCUT2D eigenvalue weighted by atomic mass is 10.2. The van der Waals surface area contributed by atoms with Gasteiger partial charge < -0.3 is 10.1 Å². The number of esters is 1. The quantitative estimate of drug-likeness (QED) is 0.784. The molecule has 0 unspecified atom stereocenters. The van der Waals surface area contributed by atoms with Crippen LogP contribution in [0.2, 0.25) is 0 Å². The standard InChI is InChI=1S/C13H19N5O2/c1-4-20-13(19)11-8-16-18(3)12(11)9-14-7-10-5-6-15-17(10)2/h5-6,8,14H,4,7,9H2,1-3H3. The number of aromatic nitrogens is 4. The number of hydrogen-bond donors (Lipinski definition) is 1. The molecule has 2 aromatic heterocycles. The van der Waals surface area contributed by atoms with E-state index < -0.39 is 0 Å². The van der Waals surface area contributed by atoms with E-state index in [9.17, 15) is 4.79 Å². The third-order valence-corrected chi connectivity index (χ3v) is 3.08. The number of rotatable bonds is 6. The molecule has 0 bridgehead atoms. The molecule has 108 valence electrons. The van der Waals surface area contributed by atoms with Gasteiger partial charge in [0.25, 0.3) is 0 Å². The number of nitrogens with zero attached hydrogens (tertiary/aromatic N) is 4. The van der Waals surface area contributed by atoms with E-state index in [-0.39, 0.29) is 5.97 Å². The van der Waals surface area contributed by atoms with Crippen LogP contribution in [-0.4, -0.2) is 32.1 Å². The largest absolute Gasteiger partial charge is 0.462 e. The first-order chi connectivity index (χ1) is 9.63. The first-order valence-electron chi connectivity index (χ1n) is 6.49. The first-order valence-corrected chi connectivity index (χ1v) is 6.49. The predicted octanol–water partition coefficient (Wildman–Crippen LogP) is 0.620. The number of carbonyl (C=O) groups excluding carboxylic acids is 1. The predicted molar refractivity (Wildman–Crippen MR) is 72.9 cm³/mol. The summed E-state index contributed by atoms with van der Waals surface area (Å²) in [7, 11) is 3.70. The molecule has 0 aliphatic rings. The van der Waals surface area contributed by atoms with Gasteiger partial charge in [0.2, 0.25) is 0 Å². The van der Waals surface area contributed by atoms with E-state index in [1.165, 1.54) is 0 Å². The van der Waals surface area contributed by atoms with Gasteiger partial charge in [0.1, 0.15) is 5.56 Å². The van der Waals surface area contributed by atoms with Crippen LogP contribution in [0.15, 0.2) is 18.5 Å². The van der Waals surface area contributed by atoms with Crippen molar-refractivity contribution in [2.75, 3.05) is 6.61 Å². The molecule has 0 atom stereocenters. The molecule has 2 aromatic rings. The molecule has 0 fully saturated rings. The Hall–Kier alpha value is -2.15. The highest BCUT2D eigenvalue weighted by atomic mass is 16.5. The lowest BCUT2D eigenvalue weighted by molar-refractivity contribution is 0.0524. The Kier molecular flexibility index (Phi) is 4.52. The van der Waals surface area contributed by atoms with Gasteiger partial charge in [-0.25, -0.2) is 4.79 Å². The highest BCUT2D eigenvalue weighted by Crippen LogP contribution is 2.09. The van der Waals surface area contributed by atoms with E-state index >= 15 is 0 Å². The summed E-state index contributed by atoms with van der Waals surface area (Å²) in [6.07, 6.45) is 3.30. The molecule has 0 radical (unpaired) electrons. The van der Waals surface area contributed by atoms with Gasteiger partial charge in [-0.15, -0.1) is 0 Å². The molecular weight excluding hydrogens is 258 g/mol. The number of carbonyl (C=O) groups is 1. The summed E-state index contributed by atoms with van der Waals surface area (Å²) in [6.45, 7) is 3.35. The molecule has 0 aliphatic carbocycles. The SMILES string of the molecule is CCOC(=O)c1cnn(C)c1CNCc1ccnn1C. The average molecular weight is 277 g/mol. The zero-order chi connectivity index (χ0) is 14.5. The van der Waals surface area contributed by atoms with Crippen molar-refractivity contribution < 1.29 is 9.53 Å². The molecule has 2 rings (SSSR count). The van der Waals surface area contributed by atoms with Crippen molar-refractivity contribution in [2.45, 2.75) is 20.0 Å². The lowest BCUT2D eigenvalue weighted by Gasteiger charge is -2.08. The Labute approximate surface area is 117 Å². The average Bonchev–Trinajstić information content (AvgIpc) is 2.98. The maximum atomic E-state index is 11.8. The molecule has 2 heterocycles. The smallest absolute Gasteiger partial charge is 0.341 e. The van der Waals surface area contributed by atoms with E-state index in [4.69, 9.17) is 4.74 Å². The minimum Gasteiger partial charge on any atom is -0.462 e. The third-order valence-electron chi connectivity index (χ3n) is 3.08. The summed E-state index contributed by atoms with van der Waals surface area (Å²) in [6, 6.07) is 1.95. The molecule has 0 aromatic carbocycles. The van der Waals surface area contributed by atoms with Gasteiger partial charge in [-0.05, 0) is 13.0 Å². The van der Waals surface area contributed by atoms with Crippen LogP contribution in [-0.2, 0) is 31.9 Å². The van der Waals surface area contributed by atoms with Crippen molar-refractivity contribution in [1.82, 2.24) is 24.9 Å². The summed E-state index contributed by atoms with van der Waals surface area (Å²) in [5.41, 5.74) is 2.39. The van der Waals surface area contributed by atoms with Crippen LogP contribution >= 0.6 is 0 Å². The topological polar surface area (TPSA) is 74.0 Å². The summed E-state index contributed by atoms with van der Waals surface area (Å²) in [4.78, 5) is 11.8. The van der Waals surface area contributed by atoms with Gasteiger partial charge in [0.15, 0.2) is 0 Å². The number of nitrogens with one attached hydrogen (secondary N) is 1. The number of ether oxygens (including phenoxy) is 1. The molecular formula is C13H19N5O2. The first kappa shape index (κ1) is 14.3. The highest BCUT2D eigenvalue weighted by Gasteiger charge is 2.16. The molecule has 0 aliphatic heterocycles. The fraction of sp³-hybridized carbons (Fsp3) is 0.462. The second-order valence-electron chi connectivity index (χ2n) is 4.40. The number of aryl methyl sites for hydroxylation is 2. The fourth-order valence-corrected chi connectivity index (χ4v) is 1.94. The molecule has 0 spiro atoms. The molecule has 1 N–H and O–H groups in total. The monoisotopic (exact) mass is 277 g/mol. The lowest BCUT2D eigenvalue weighted by Crippen LogP contribution is -2.19. The normalized spacial score (nSPS) is 10.8. The van der Waals surface area contributed by atoms with Crippen molar-refractivity contribution >= 4 is 5.97 Å². The van der Waals surface area contributed by atoms with Gasteiger partial charge >= 0.3 is 5.97 Å². The van der Waals surface area contributed by atoms with Crippen LogP contribution in [0.4, 0.5) is 0 Å². The van der Waals surface area contributed by atoms with Gasteiger partial charge in [0.05, 0.1) is 24.2 Å². The molecule has 0 saturated heterocycles. The highest BCUT2D eigenvalue weighted by molar-refractivity contribution is 5.90. The van der Waals surface area contributed by atoms with Crippen LogP contribution in [0.5, 0.6) is 0 Å². The molecule has 0 amide bonds. The van der Waals surface area contributed by atoms with Crippen molar-refractivity contribution in [3.63, 3.8) is 0 Å². The Bertz CT molecular complexity index is 587. The summed E-state index contributed by atoms with van der Waals surface area (Å²) in [5.74, 6) is -0.335. The van der Waals surface area contributed by atoms with E-state index in [0.717, 1.165) is 11.4 Å². The molecule has 0 saturated carbocycles. The fourth-order valence-electron chi connectivity index (χ4n) is 1.94. The maximum absolute atomic E-state index is 11.8. The Balaban J connectivity index is 2.00. The Morgan fingerprint density at radius 3 is 2.75 bits per heavy atom. The van der Waals surface area contributed by atoms with Crippen LogP contribution in [0.1, 0.15) is 28.7 Å². The molecule has 7 heteroatoms. The van der Waals surface area contributed by atoms with Crippen molar-refractivity contribution in [3.8, 4) is 0 Å². The van der Waals surface area contributed by atoms with E-state index in [1.54, 1.807) is 24.0 Å². The third kappa shape index (κ3) is 3.05. The minimum absolute atomic E-state index is 0.335. The molecule has 20 heavy (non-hydrogen) atoms. The molecule has 7 nitrogen and oxygen atoms in total. The summed E-state index contributed by atoms with van der Waals surface area (Å²) in [5, 5.41) is 11.5. The second kappa shape index (κ2) is 6.33. The van der Waals surface area contributed by atoms with E-state index in [2.05, 4.69) is 15.5 Å². The van der Waals surface area contributed by atoms with Crippen LogP contribution < -0.4 is 5.32 Å². The van der Waals surface area contributed by atoms with Crippen molar-refractivity contribution in [1.29, 1.82) is 0 Å². The van der Waals surface area contributed by atoms with Gasteiger partial charge in [-0.2, -0.15) is 10.2 Å². The van der Waals surface area contributed by atoms with E-state index in [0.29, 0.717) is 25.3 Å². The number of hydrogen-bond acceptors (Lipinski definition) is 5. The summed E-state index contributed by atoms with van der Waals surface area (Å²) >= 11 is 0. The van der Waals surface area contributed by atoms with Gasteiger partial charge in [-0.1, -0.05) is 0 Å². The minimum atomic E-state index is -0.335. The van der Waals surface area contributed by atoms with Crippen LogP contribution in [0, 0.1) is 0 Å². The van der Waals surface area contributed by atoms with E-state index in [1.807, 2.05) is 24.8 Å². The Morgan fingerprint density at radius 1 is 1.30 bits per heavy atom. The maximum Gasteiger partial charge on any atom is 0.341 e. The van der Waals surface area contributed by atoms with Gasteiger partial charge in [0, 0.05) is 33.4 Å².